The van der Waals surface area contributed by atoms with E-state index in [1.807, 2.05) is 12.3 Å². The van der Waals surface area contributed by atoms with Gasteiger partial charge in [0.25, 0.3) is 0 Å². The third-order valence-electron chi connectivity index (χ3n) is 3.67. The average molecular weight is 404 g/mol. The second kappa shape index (κ2) is 8.71. The number of rotatable bonds is 6. The van der Waals surface area contributed by atoms with Gasteiger partial charge in [-0.3, -0.25) is 4.79 Å². The van der Waals surface area contributed by atoms with Crippen LogP contribution < -0.4 is 10.1 Å². The van der Waals surface area contributed by atoms with Gasteiger partial charge in [-0.25, -0.2) is 18.2 Å². The molecule has 1 aromatic heterocycles. The SMILES string of the molecule is Cc1nc(COc2ccccc2/C=C/C(=O)Nc2ccc(F)c(F)c2F)cs1. The van der Waals surface area contributed by atoms with Gasteiger partial charge >= 0.3 is 0 Å². The lowest BCUT2D eigenvalue weighted by Crippen LogP contribution is -2.10. The largest absolute Gasteiger partial charge is 0.487 e. The predicted molar refractivity (Wildman–Crippen MR) is 102 cm³/mol. The lowest BCUT2D eigenvalue weighted by atomic mass is 10.2. The molecule has 2 aromatic carbocycles. The first-order chi connectivity index (χ1) is 13.4. The summed E-state index contributed by atoms with van der Waals surface area (Å²) in [5, 5.41) is 5.01. The van der Waals surface area contributed by atoms with Crippen molar-refractivity contribution in [3.05, 3.63) is 81.6 Å². The number of thiazole rings is 1. The number of hydrogen-bond donors (Lipinski definition) is 1. The molecule has 144 valence electrons. The van der Waals surface area contributed by atoms with Crippen molar-refractivity contribution in [2.45, 2.75) is 13.5 Å². The normalized spacial score (nSPS) is 11.0. The highest BCUT2D eigenvalue weighted by Gasteiger charge is 2.14. The molecule has 4 nitrogen and oxygen atoms in total. The van der Waals surface area contributed by atoms with E-state index in [4.69, 9.17) is 4.74 Å². The Hall–Kier alpha value is -3.13. The third-order valence-corrected chi connectivity index (χ3v) is 4.49. The minimum absolute atomic E-state index is 0.279. The van der Waals surface area contributed by atoms with Crippen molar-refractivity contribution in [1.82, 2.24) is 4.98 Å². The Morgan fingerprint density at radius 2 is 1.96 bits per heavy atom. The van der Waals surface area contributed by atoms with Crippen molar-refractivity contribution >= 4 is 29.0 Å². The van der Waals surface area contributed by atoms with Crippen molar-refractivity contribution < 1.29 is 22.7 Å². The van der Waals surface area contributed by atoms with E-state index >= 15 is 0 Å². The Balaban J connectivity index is 1.68. The number of hydrogen-bond acceptors (Lipinski definition) is 4. The molecule has 1 N–H and O–H groups in total. The molecule has 3 aromatic rings. The first-order valence-electron chi connectivity index (χ1n) is 8.19. The topological polar surface area (TPSA) is 51.2 Å². The van der Waals surface area contributed by atoms with E-state index in [9.17, 15) is 18.0 Å². The summed E-state index contributed by atoms with van der Waals surface area (Å²) in [6.45, 7) is 2.18. The van der Waals surface area contributed by atoms with Crippen LogP contribution in [0.25, 0.3) is 6.08 Å². The van der Waals surface area contributed by atoms with E-state index in [2.05, 4.69) is 10.3 Å². The smallest absolute Gasteiger partial charge is 0.248 e. The minimum Gasteiger partial charge on any atom is -0.487 e. The van der Waals surface area contributed by atoms with Crippen LogP contribution in [0.4, 0.5) is 18.9 Å². The van der Waals surface area contributed by atoms with Gasteiger partial charge in [-0.15, -0.1) is 11.3 Å². The standard InChI is InChI=1S/C20H15F3N2O2S/c1-12-24-14(11-28-12)10-27-17-5-3-2-4-13(17)6-9-18(26)25-16-8-7-15(21)19(22)20(16)23/h2-9,11H,10H2,1H3,(H,25,26)/b9-6+. The van der Waals surface area contributed by atoms with Crippen molar-refractivity contribution in [2.24, 2.45) is 0 Å². The Morgan fingerprint density at radius 3 is 2.71 bits per heavy atom. The lowest BCUT2D eigenvalue weighted by molar-refractivity contribution is -0.111. The second-order valence-corrected chi connectivity index (χ2v) is 6.79. The lowest BCUT2D eigenvalue weighted by Gasteiger charge is -2.08. The summed E-state index contributed by atoms with van der Waals surface area (Å²) in [7, 11) is 0. The molecule has 0 spiro atoms. The summed E-state index contributed by atoms with van der Waals surface area (Å²) in [6.07, 6.45) is 2.63. The molecular weight excluding hydrogens is 389 g/mol. The molecule has 0 aliphatic rings. The first-order valence-corrected chi connectivity index (χ1v) is 9.07. The van der Waals surface area contributed by atoms with Crippen LogP contribution in [-0.4, -0.2) is 10.9 Å². The number of carbonyl (C=O) groups is 1. The molecule has 3 rings (SSSR count). The maximum Gasteiger partial charge on any atom is 0.248 e. The molecule has 0 atom stereocenters. The summed E-state index contributed by atoms with van der Waals surface area (Å²) < 4.78 is 45.6. The predicted octanol–water partition coefficient (Wildman–Crippen LogP) is 5.10. The van der Waals surface area contributed by atoms with Crippen molar-refractivity contribution in [2.75, 3.05) is 5.32 Å². The van der Waals surface area contributed by atoms with E-state index < -0.39 is 29.0 Å². The number of aromatic nitrogens is 1. The highest BCUT2D eigenvalue weighted by molar-refractivity contribution is 7.09. The van der Waals surface area contributed by atoms with Crippen LogP contribution in [0.5, 0.6) is 5.75 Å². The molecule has 28 heavy (non-hydrogen) atoms. The van der Waals surface area contributed by atoms with E-state index in [-0.39, 0.29) is 6.61 Å². The van der Waals surface area contributed by atoms with Gasteiger partial charge in [0.2, 0.25) is 5.91 Å². The van der Waals surface area contributed by atoms with Crippen LogP contribution in [0, 0.1) is 24.4 Å². The van der Waals surface area contributed by atoms with Gasteiger partial charge in [0.15, 0.2) is 17.5 Å². The first kappa shape index (κ1) is 19.6. The Labute approximate surface area is 163 Å². The second-order valence-electron chi connectivity index (χ2n) is 5.73. The quantitative estimate of drug-likeness (QED) is 0.459. The third kappa shape index (κ3) is 4.77. The number of aryl methyl sites for hydroxylation is 1. The van der Waals surface area contributed by atoms with Crippen molar-refractivity contribution in [3.63, 3.8) is 0 Å². The van der Waals surface area contributed by atoms with Crippen LogP contribution in [0.15, 0.2) is 47.9 Å². The van der Waals surface area contributed by atoms with Crippen LogP contribution in [0.2, 0.25) is 0 Å². The summed E-state index contributed by atoms with van der Waals surface area (Å²) in [6, 6.07) is 8.73. The van der Waals surface area contributed by atoms with Gasteiger partial charge in [-0.2, -0.15) is 0 Å². The number of anilines is 1. The number of carbonyl (C=O) groups excluding carboxylic acids is 1. The molecule has 0 unspecified atom stereocenters. The summed E-state index contributed by atoms with van der Waals surface area (Å²) in [4.78, 5) is 16.3. The van der Waals surface area contributed by atoms with Crippen LogP contribution in [-0.2, 0) is 11.4 Å². The number of nitrogens with zero attached hydrogens (tertiary/aromatic N) is 1. The highest BCUT2D eigenvalue weighted by atomic mass is 32.1. The fourth-order valence-electron chi connectivity index (χ4n) is 2.34. The fraction of sp³-hybridized carbons (Fsp3) is 0.100. The number of nitrogens with one attached hydrogen (secondary N) is 1. The Kier molecular flexibility index (Phi) is 6.10. The van der Waals surface area contributed by atoms with E-state index in [1.54, 1.807) is 24.3 Å². The van der Waals surface area contributed by atoms with E-state index in [1.165, 1.54) is 17.4 Å². The summed E-state index contributed by atoms with van der Waals surface area (Å²) in [5.74, 6) is -4.58. The highest BCUT2D eigenvalue weighted by Crippen LogP contribution is 2.22. The molecule has 1 amide bonds. The number of amides is 1. The van der Waals surface area contributed by atoms with E-state index in [0.717, 1.165) is 28.9 Å². The number of ether oxygens (including phenoxy) is 1. The number of halogens is 3. The van der Waals surface area contributed by atoms with Gasteiger partial charge < -0.3 is 10.1 Å². The Bertz CT molecular complexity index is 1030. The summed E-state index contributed by atoms with van der Waals surface area (Å²) in [5.41, 5.74) is 0.972. The van der Waals surface area contributed by atoms with E-state index in [0.29, 0.717) is 11.3 Å². The number of para-hydroxylation sites is 1. The van der Waals surface area contributed by atoms with Crippen LogP contribution in [0.1, 0.15) is 16.3 Å². The zero-order valence-corrected chi connectivity index (χ0v) is 15.5. The summed E-state index contributed by atoms with van der Waals surface area (Å²) >= 11 is 1.52. The zero-order chi connectivity index (χ0) is 20.1. The number of benzene rings is 2. The van der Waals surface area contributed by atoms with Crippen molar-refractivity contribution in [3.8, 4) is 5.75 Å². The fourth-order valence-corrected chi connectivity index (χ4v) is 2.94. The maximum absolute atomic E-state index is 13.6. The maximum atomic E-state index is 13.6. The van der Waals surface area contributed by atoms with Crippen LogP contribution in [0.3, 0.4) is 0 Å². The van der Waals surface area contributed by atoms with Gasteiger partial charge in [0.1, 0.15) is 12.4 Å². The molecule has 0 aliphatic carbocycles. The molecule has 0 bridgehead atoms. The monoisotopic (exact) mass is 404 g/mol. The molecular formula is C20H15F3N2O2S. The van der Waals surface area contributed by atoms with Gasteiger partial charge in [0.05, 0.1) is 16.4 Å². The molecule has 0 fully saturated rings. The van der Waals surface area contributed by atoms with Gasteiger partial charge in [0, 0.05) is 17.0 Å². The zero-order valence-electron chi connectivity index (χ0n) is 14.7. The van der Waals surface area contributed by atoms with Crippen LogP contribution >= 0.6 is 11.3 Å². The minimum atomic E-state index is -1.64. The molecule has 1 heterocycles. The van der Waals surface area contributed by atoms with Gasteiger partial charge in [-0.05, 0) is 31.2 Å². The molecule has 0 saturated heterocycles. The molecule has 8 heteroatoms. The average Bonchev–Trinajstić information content (AvgIpc) is 3.11. The van der Waals surface area contributed by atoms with Crippen molar-refractivity contribution in [1.29, 1.82) is 0 Å². The molecule has 0 radical (unpaired) electrons. The molecule has 0 aliphatic heterocycles. The molecule has 0 saturated carbocycles. The van der Waals surface area contributed by atoms with Gasteiger partial charge in [-0.1, -0.05) is 18.2 Å². The Morgan fingerprint density at radius 1 is 1.18 bits per heavy atom.